The Morgan fingerprint density at radius 1 is 1.19 bits per heavy atom. The van der Waals surface area contributed by atoms with Crippen LogP contribution in [0.3, 0.4) is 0 Å². The van der Waals surface area contributed by atoms with Crippen molar-refractivity contribution in [2.75, 3.05) is 17.2 Å². The van der Waals surface area contributed by atoms with Gasteiger partial charge in [-0.15, -0.1) is 11.3 Å². The van der Waals surface area contributed by atoms with Crippen LogP contribution < -0.4 is 10.6 Å². The fourth-order valence-electron chi connectivity index (χ4n) is 2.36. The van der Waals surface area contributed by atoms with E-state index in [2.05, 4.69) is 20.6 Å². The average molecular weight is 385 g/mol. The van der Waals surface area contributed by atoms with E-state index in [0.717, 1.165) is 11.3 Å². The van der Waals surface area contributed by atoms with Crippen molar-refractivity contribution in [3.8, 4) is 0 Å². The Labute approximate surface area is 157 Å². The highest BCUT2D eigenvalue weighted by molar-refractivity contribution is 7.09. The first-order chi connectivity index (χ1) is 13.0. The van der Waals surface area contributed by atoms with Gasteiger partial charge < -0.3 is 15.7 Å². The van der Waals surface area contributed by atoms with Crippen LogP contribution in [0.4, 0.5) is 23.0 Å². The van der Waals surface area contributed by atoms with E-state index in [9.17, 15) is 14.9 Å². The second-order valence-corrected chi connectivity index (χ2v) is 6.47. The zero-order valence-corrected chi connectivity index (χ0v) is 14.8. The molecule has 0 radical (unpaired) electrons. The third-order valence-corrected chi connectivity index (χ3v) is 4.58. The molecule has 0 aliphatic rings. The summed E-state index contributed by atoms with van der Waals surface area (Å²) >= 11 is 1.62. The third kappa shape index (κ3) is 4.55. The van der Waals surface area contributed by atoms with Crippen LogP contribution in [0.2, 0.25) is 0 Å². The molecule has 0 unspecified atom stereocenters. The van der Waals surface area contributed by atoms with Gasteiger partial charge in [-0.1, -0.05) is 6.07 Å². The Balaban J connectivity index is 1.78. The molecule has 0 amide bonds. The van der Waals surface area contributed by atoms with Gasteiger partial charge in [-0.2, -0.15) is 0 Å². The summed E-state index contributed by atoms with van der Waals surface area (Å²) < 4.78 is 0. The average Bonchev–Trinajstić information content (AvgIpc) is 3.15. The summed E-state index contributed by atoms with van der Waals surface area (Å²) in [6.07, 6.45) is 1.95. The molecule has 0 fully saturated rings. The number of nitrogens with one attached hydrogen (secondary N) is 2. The first-order valence-corrected chi connectivity index (χ1v) is 8.78. The lowest BCUT2D eigenvalue weighted by Gasteiger charge is -2.10. The van der Waals surface area contributed by atoms with Gasteiger partial charge in [0.05, 0.1) is 10.5 Å². The molecule has 3 aromatic rings. The molecule has 1 aromatic carbocycles. The number of anilines is 3. The van der Waals surface area contributed by atoms with Crippen molar-refractivity contribution in [3.05, 3.63) is 68.7 Å². The maximum absolute atomic E-state index is 11.5. The Kier molecular flexibility index (Phi) is 5.57. The first-order valence-electron chi connectivity index (χ1n) is 7.90. The molecule has 0 aliphatic carbocycles. The molecule has 9 nitrogen and oxygen atoms in total. The van der Waals surface area contributed by atoms with E-state index in [4.69, 9.17) is 5.11 Å². The fraction of sp³-hybridized carbons (Fsp3) is 0.118. The lowest BCUT2D eigenvalue weighted by molar-refractivity contribution is -0.383. The SMILES string of the molecule is O=C(O)c1ccc(Nc2ncnc(NCCc3cccs3)c2[N+](=O)[O-])cc1. The maximum Gasteiger partial charge on any atom is 0.353 e. The van der Waals surface area contributed by atoms with Crippen LogP contribution in [0, 0.1) is 10.1 Å². The molecule has 138 valence electrons. The van der Waals surface area contributed by atoms with Gasteiger partial charge in [0.1, 0.15) is 6.33 Å². The molecule has 0 saturated heterocycles. The van der Waals surface area contributed by atoms with Gasteiger partial charge in [-0.3, -0.25) is 10.1 Å². The predicted molar refractivity (Wildman–Crippen MR) is 102 cm³/mol. The van der Waals surface area contributed by atoms with E-state index < -0.39 is 10.9 Å². The summed E-state index contributed by atoms with van der Waals surface area (Å²) in [5.74, 6) is -0.903. The van der Waals surface area contributed by atoms with E-state index in [1.165, 1.54) is 30.6 Å². The van der Waals surface area contributed by atoms with Crippen molar-refractivity contribution < 1.29 is 14.8 Å². The molecule has 0 saturated carbocycles. The van der Waals surface area contributed by atoms with Crippen molar-refractivity contribution in [3.63, 3.8) is 0 Å². The Morgan fingerprint density at radius 3 is 2.56 bits per heavy atom. The number of nitrogens with zero attached hydrogens (tertiary/aromatic N) is 3. The summed E-state index contributed by atoms with van der Waals surface area (Å²) in [6.45, 7) is 0.491. The van der Waals surface area contributed by atoms with Crippen LogP contribution in [0.15, 0.2) is 48.1 Å². The highest BCUT2D eigenvalue weighted by Crippen LogP contribution is 2.31. The number of carboxylic acids is 1. The van der Waals surface area contributed by atoms with Gasteiger partial charge in [0.25, 0.3) is 0 Å². The van der Waals surface area contributed by atoms with Crippen LogP contribution in [-0.4, -0.2) is 32.5 Å². The minimum absolute atomic E-state index is 0.0247. The number of thiophene rings is 1. The van der Waals surface area contributed by atoms with Gasteiger partial charge in [0.15, 0.2) is 0 Å². The quantitative estimate of drug-likeness (QED) is 0.396. The van der Waals surface area contributed by atoms with Gasteiger partial charge in [0.2, 0.25) is 11.6 Å². The van der Waals surface area contributed by atoms with Crippen LogP contribution in [0.5, 0.6) is 0 Å². The Hall–Kier alpha value is -3.53. The highest BCUT2D eigenvalue weighted by atomic mass is 32.1. The molecule has 2 heterocycles. The lowest BCUT2D eigenvalue weighted by Crippen LogP contribution is -2.10. The second kappa shape index (κ2) is 8.23. The van der Waals surface area contributed by atoms with Crippen molar-refractivity contribution in [2.24, 2.45) is 0 Å². The number of hydrogen-bond acceptors (Lipinski definition) is 8. The highest BCUT2D eigenvalue weighted by Gasteiger charge is 2.23. The fourth-order valence-corrected chi connectivity index (χ4v) is 3.07. The van der Waals surface area contributed by atoms with Crippen molar-refractivity contribution in [2.45, 2.75) is 6.42 Å². The summed E-state index contributed by atoms with van der Waals surface area (Å²) in [5, 5.41) is 28.3. The van der Waals surface area contributed by atoms with E-state index >= 15 is 0 Å². The van der Waals surface area contributed by atoms with Crippen LogP contribution in [-0.2, 0) is 6.42 Å². The van der Waals surface area contributed by atoms with Gasteiger partial charge in [0, 0.05) is 17.1 Å². The number of hydrogen-bond donors (Lipinski definition) is 3. The topological polar surface area (TPSA) is 130 Å². The molecular formula is C17H15N5O4S. The number of benzene rings is 1. The molecular weight excluding hydrogens is 370 g/mol. The number of nitro groups is 1. The second-order valence-electron chi connectivity index (χ2n) is 5.44. The van der Waals surface area contributed by atoms with Crippen LogP contribution in [0.1, 0.15) is 15.2 Å². The molecule has 3 N–H and O–H groups in total. The van der Waals surface area contributed by atoms with Gasteiger partial charge >= 0.3 is 11.7 Å². The smallest absolute Gasteiger partial charge is 0.353 e. The number of aromatic nitrogens is 2. The summed E-state index contributed by atoms with van der Waals surface area (Å²) in [4.78, 5) is 31.0. The summed E-state index contributed by atoms with van der Waals surface area (Å²) in [7, 11) is 0. The zero-order chi connectivity index (χ0) is 19.2. The summed E-state index contributed by atoms with van der Waals surface area (Å²) in [5.41, 5.74) is 0.325. The van der Waals surface area contributed by atoms with E-state index in [-0.39, 0.29) is 22.9 Å². The molecule has 0 spiro atoms. The number of rotatable bonds is 8. The minimum Gasteiger partial charge on any atom is -0.478 e. The normalized spacial score (nSPS) is 10.4. The summed E-state index contributed by atoms with van der Waals surface area (Å²) in [6, 6.07) is 9.77. The molecule has 0 atom stereocenters. The molecule has 10 heteroatoms. The molecule has 2 aromatic heterocycles. The third-order valence-electron chi connectivity index (χ3n) is 3.64. The Bertz CT molecular complexity index is 944. The van der Waals surface area contributed by atoms with Crippen molar-refractivity contribution in [1.29, 1.82) is 0 Å². The molecule has 3 rings (SSSR count). The van der Waals surface area contributed by atoms with E-state index in [1.807, 2.05) is 17.5 Å². The molecule has 0 aliphatic heterocycles. The number of carbonyl (C=O) groups is 1. The van der Waals surface area contributed by atoms with Crippen LogP contribution in [0.25, 0.3) is 0 Å². The van der Waals surface area contributed by atoms with Crippen molar-refractivity contribution in [1.82, 2.24) is 9.97 Å². The standard InChI is InChI=1S/C17H15N5O4S/c23-17(24)11-3-5-12(6-4-11)21-16-14(22(25)26)15(19-10-20-16)18-8-7-13-2-1-9-27-13/h1-6,9-10H,7-8H2,(H,23,24)(H2,18,19,20,21). The van der Waals surface area contributed by atoms with E-state index in [1.54, 1.807) is 11.3 Å². The largest absolute Gasteiger partial charge is 0.478 e. The maximum atomic E-state index is 11.5. The monoisotopic (exact) mass is 385 g/mol. The van der Waals surface area contributed by atoms with E-state index in [0.29, 0.717) is 12.2 Å². The lowest BCUT2D eigenvalue weighted by atomic mass is 10.2. The number of aromatic carboxylic acids is 1. The van der Waals surface area contributed by atoms with Crippen LogP contribution >= 0.6 is 11.3 Å². The number of carboxylic acid groups (broad SMARTS) is 1. The van der Waals surface area contributed by atoms with Gasteiger partial charge in [-0.25, -0.2) is 14.8 Å². The van der Waals surface area contributed by atoms with Gasteiger partial charge in [-0.05, 0) is 42.1 Å². The Morgan fingerprint density at radius 2 is 1.93 bits per heavy atom. The zero-order valence-electron chi connectivity index (χ0n) is 14.0. The predicted octanol–water partition coefficient (Wildman–Crippen LogP) is 3.54. The minimum atomic E-state index is -1.05. The molecule has 27 heavy (non-hydrogen) atoms. The molecule has 0 bridgehead atoms. The van der Waals surface area contributed by atoms with Crippen molar-refractivity contribution >= 4 is 40.3 Å². The first kappa shape index (κ1) is 18.3.